The van der Waals surface area contributed by atoms with Crippen LogP contribution in [0.5, 0.6) is 0 Å². The normalized spacial score (nSPS) is 17.9. The number of nitrogens with one attached hydrogen (secondary N) is 2. The van der Waals surface area contributed by atoms with Gasteiger partial charge in [-0.1, -0.05) is 19.3 Å². The molecule has 2 aromatic rings. The van der Waals surface area contributed by atoms with Gasteiger partial charge in [-0.15, -0.1) is 23.7 Å². The largest absolute Gasteiger partial charge is 0.345 e. The summed E-state index contributed by atoms with van der Waals surface area (Å²) in [5, 5.41) is 11.1. The van der Waals surface area contributed by atoms with E-state index in [0.717, 1.165) is 28.8 Å². The van der Waals surface area contributed by atoms with Crippen LogP contribution < -0.4 is 10.6 Å². The maximum absolute atomic E-state index is 12.9. The minimum absolute atomic E-state index is 0. The Hall–Kier alpha value is -2.13. The first-order valence-electron chi connectivity index (χ1n) is 10.1. The number of aromatic nitrogens is 2. The molecule has 10 heteroatoms. The molecule has 2 N–H and O–H groups in total. The van der Waals surface area contributed by atoms with Gasteiger partial charge in [0.15, 0.2) is 0 Å². The van der Waals surface area contributed by atoms with Crippen LogP contribution in [0.15, 0.2) is 6.07 Å². The van der Waals surface area contributed by atoms with Crippen molar-refractivity contribution in [3.05, 3.63) is 16.6 Å². The molecule has 4 amide bonds. The topological polar surface area (TPSA) is 96.3 Å². The molecule has 0 unspecified atom stereocenters. The molecule has 8 nitrogen and oxygen atoms in total. The summed E-state index contributed by atoms with van der Waals surface area (Å²) in [5.74, 6) is -0.485. The van der Waals surface area contributed by atoms with Gasteiger partial charge in [0.25, 0.3) is 5.91 Å². The lowest BCUT2D eigenvalue weighted by molar-refractivity contribution is -0.118. The van der Waals surface area contributed by atoms with Crippen molar-refractivity contribution in [3.8, 4) is 0 Å². The number of rotatable bonds is 5. The van der Waals surface area contributed by atoms with E-state index in [1.54, 1.807) is 0 Å². The van der Waals surface area contributed by atoms with Crippen LogP contribution in [0.4, 0.5) is 4.79 Å². The minimum Gasteiger partial charge on any atom is -0.345 e. The standard InChI is InChI=1S/C20H27N5O3S.ClH/c1-12-14-9-15(29-18(14)25(23-12)13-7-5-4-6-8-13)17(27)22-20(2,3)11-24-10-16(26)21-19(24)28;/h9,13H,4-8,10-11H2,1-3H3,(H,22,27)(H,21,26,28);1H. The maximum Gasteiger partial charge on any atom is 0.324 e. The van der Waals surface area contributed by atoms with Crippen molar-refractivity contribution in [1.29, 1.82) is 0 Å². The van der Waals surface area contributed by atoms with E-state index in [2.05, 4.69) is 15.3 Å². The fourth-order valence-electron chi connectivity index (χ4n) is 4.25. The van der Waals surface area contributed by atoms with Gasteiger partial charge in [-0.25, -0.2) is 4.79 Å². The zero-order valence-corrected chi connectivity index (χ0v) is 19.1. The lowest BCUT2D eigenvalue weighted by Gasteiger charge is -2.30. The van der Waals surface area contributed by atoms with Crippen LogP contribution in [0.25, 0.3) is 10.2 Å². The van der Waals surface area contributed by atoms with Gasteiger partial charge in [0.1, 0.15) is 11.4 Å². The SMILES string of the molecule is Cc1nn(C2CCCCC2)c2sc(C(=O)NC(C)(C)CN3CC(=O)NC3=O)cc12.Cl. The Balaban J connectivity index is 0.00000256. The number of nitrogens with zero attached hydrogens (tertiary/aromatic N) is 3. The number of hydrogen-bond acceptors (Lipinski definition) is 5. The van der Waals surface area contributed by atoms with Gasteiger partial charge in [0, 0.05) is 11.9 Å². The Morgan fingerprint density at radius 2 is 2.00 bits per heavy atom. The number of aryl methyl sites for hydroxylation is 1. The summed E-state index contributed by atoms with van der Waals surface area (Å²) in [6.07, 6.45) is 6.02. The van der Waals surface area contributed by atoms with Crippen LogP contribution in [-0.2, 0) is 4.79 Å². The summed E-state index contributed by atoms with van der Waals surface area (Å²) in [6.45, 7) is 5.98. The van der Waals surface area contributed by atoms with Crippen molar-refractivity contribution in [2.75, 3.05) is 13.1 Å². The van der Waals surface area contributed by atoms with Gasteiger partial charge in [-0.05, 0) is 39.7 Å². The lowest BCUT2D eigenvalue weighted by Crippen LogP contribution is -2.52. The quantitative estimate of drug-likeness (QED) is 0.678. The first-order chi connectivity index (χ1) is 13.7. The number of imide groups is 1. The van der Waals surface area contributed by atoms with Gasteiger partial charge in [0.2, 0.25) is 5.91 Å². The van der Waals surface area contributed by atoms with E-state index in [9.17, 15) is 14.4 Å². The summed E-state index contributed by atoms with van der Waals surface area (Å²) in [6, 6.07) is 1.92. The fraction of sp³-hybridized carbons (Fsp3) is 0.600. The van der Waals surface area contributed by atoms with Crippen LogP contribution in [0.3, 0.4) is 0 Å². The third-order valence-electron chi connectivity index (χ3n) is 5.62. The molecule has 1 aliphatic carbocycles. The monoisotopic (exact) mass is 453 g/mol. The first-order valence-corrected chi connectivity index (χ1v) is 10.9. The molecule has 2 fully saturated rings. The lowest BCUT2D eigenvalue weighted by atomic mass is 9.96. The second-order valence-electron chi connectivity index (χ2n) is 8.70. The molecule has 2 aromatic heterocycles. The zero-order valence-electron chi connectivity index (χ0n) is 17.5. The smallest absolute Gasteiger partial charge is 0.324 e. The molecule has 3 heterocycles. The number of amides is 4. The van der Waals surface area contributed by atoms with E-state index in [0.29, 0.717) is 10.9 Å². The molecule has 164 valence electrons. The molecule has 1 saturated heterocycles. The van der Waals surface area contributed by atoms with Crippen molar-refractivity contribution in [2.45, 2.75) is 64.5 Å². The molecular weight excluding hydrogens is 426 g/mol. The van der Waals surface area contributed by atoms with Crippen molar-refractivity contribution < 1.29 is 14.4 Å². The third-order valence-corrected chi connectivity index (χ3v) is 6.74. The highest BCUT2D eigenvalue weighted by Gasteiger charge is 2.33. The molecule has 0 spiro atoms. The summed E-state index contributed by atoms with van der Waals surface area (Å²) in [5.41, 5.74) is 0.284. The van der Waals surface area contributed by atoms with Crippen molar-refractivity contribution in [3.63, 3.8) is 0 Å². The number of hydrogen-bond donors (Lipinski definition) is 2. The molecule has 1 saturated carbocycles. The van der Waals surface area contributed by atoms with E-state index >= 15 is 0 Å². The second-order valence-corrected chi connectivity index (χ2v) is 9.73. The van der Waals surface area contributed by atoms with Crippen LogP contribution >= 0.6 is 23.7 Å². The van der Waals surface area contributed by atoms with E-state index < -0.39 is 11.6 Å². The molecule has 1 aliphatic heterocycles. The molecule has 2 aliphatic rings. The molecular formula is C20H28ClN5O3S. The van der Waals surface area contributed by atoms with E-state index in [4.69, 9.17) is 5.10 Å². The number of fused-ring (bicyclic) bond motifs is 1. The van der Waals surface area contributed by atoms with Gasteiger partial charge in [0.05, 0.1) is 22.2 Å². The summed E-state index contributed by atoms with van der Waals surface area (Å²) in [4.78, 5) is 39.2. The summed E-state index contributed by atoms with van der Waals surface area (Å²) >= 11 is 1.47. The number of urea groups is 1. The van der Waals surface area contributed by atoms with Gasteiger partial charge in [-0.2, -0.15) is 5.10 Å². The average Bonchev–Trinajstić information content (AvgIpc) is 3.30. The Labute approximate surface area is 185 Å². The minimum atomic E-state index is -0.667. The highest BCUT2D eigenvalue weighted by atomic mass is 35.5. The molecule has 30 heavy (non-hydrogen) atoms. The van der Waals surface area contributed by atoms with Crippen LogP contribution in [-0.4, -0.2) is 51.2 Å². The van der Waals surface area contributed by atoms with Gasteiger partial charge >= 0.3 is 6.03 Å². The Morgan fingerprint density at radius 1 is 1.30 bits per heavy atom. The average molecular weight is 454 g/mol. The van der Waals surface area contributed by atoms with Gasteiger partial charge in [-0.3, -0.25) is 19.6 Å². The first kappa shape index (κ1) is 22.6. The Bertz CT molecular complexity index is 977. The molecule has 0 aromatic carbocycles. The summed E-state index contributed by atoms with van der Waals surface area (Å²) < 4.78 is 2.12. The van der Waals surface area contributed by atoms with Crippen LogP contribution in [0.2, 0.25) is 0 Å². The van der Waals surface area contributed by atoms with Gasteiger partial charge < -0.3 is 10.2 Å². The molecule has 0 atom stereocenters. The fourth-order valence-corrected chi connectivity index (χ4v) is 5.38. The number of carbonyl (C=O) groups is 3. The molecule has 0 radical (unpaired) electrons. The Kier molecular flexibility index (Phi) is 6.43. The zero-order chi connectivity index (χ0) is 20.8. The van der Waals surface area contributed by atoms with E-state index in [1.807, 2.05) is 26.8 Å². The number of halogens is 1. The predicted molar refractivity (Wildman–Crippen MR) is 118 cm³/mol. The predicted octanol–water partition coefficient (Wildman–Crippen LogP) is 3.39. The Morgan fingerprint density at radius 3 is 2.63 bits per heavy atom. The summed E-state index contributed by atoms with van der Waals surface area (Å²) in [7, 11) is 0. The number of thiophene rings is 1. The third kappa shape index (κ3) is 4.46. The van der Waals surface area contributed by atoms with E-state index in [1.165, 1.54) is 35.5 Å². The van der Waals surface area contributed by atoms with Crippen molar-refractivity contribution >= 4 is 51.8 Å². The van der Waals surface area contributed by atoms with Crippen molar-refractivity contribution in [2.24, 2.45) is 0 Å². The van der Waals surface area contributed by atoms with Crippen LogP contribution in [0.1, 0.15) is 67.4 Å². The molecule has 4 rings (SSSR count). The van der Waals surface area contributed by atoms with E-state index in [-0.39, 0.29) is 37.3 Å². The highest BCUT2D eigenvalue weighted by Crippen LogP contribution is 2.35. The molecule has 0 bridgehead atoms. The number of carbonyl (C=O) groups excluding carboxylic acids is 3. The highest BCUT2D eigenvalue weighted by molar-refractivity contribution is 7.20. The van der Waals surface area contributed by atoms with Crippen molar-refractivity contribution in [1.82, 2.24) is 25.3 Å². The maximum atomic E-state index is 12.9. The second kappa shape index (κ2) is 8.55. The van der Waals surface area contributed by atoms with Crippen LogP contribution in [0, 0.1) is 6.92 Å².